The van der Waals surface area contributed by atoms with E-state index in [1.54, 1.807) is 72.0 Å². The van der Waals surface area contributed by atoms with Gasteiger partial charge in [-0.25, -0.2) is 33.9 Å². The zero-order chi connectivity index (χ0) is 80.3. The number of rotatable bonds is 20. The standard InChI is InChI=1S/C38H50BClN4O9S.C24H33BCl2O5.C13H16N4O5S/c1-10-43-13-14-44(33(47)32(43)46)35(49)42-30(25-19-54-20(2)41-25)26(45)18-23(39-52-28-17-22-16-27(37(22,6)7)38(28,8)53-39)15-21-11-12-24(40)29(31(21)50-9)34(48)51-36(3,4)5;1-22(2,3)30-21(28)19-15(26)9-8-13(20(19)29-7)10-18(27)25-31-17-12-14-11-16(23(14,4)5)24(17,6)32-25;1-3-16-4-5-17(11(19)10(16)18)13(22)15-9(12(20)21)8-6-23-7(2)14-8/h11-12,19,22-23,27-28,30H,10,13-18H2,1-9H3,(H,42,49);8-9,14,16-18H,10-12H2,1-7H3;6,9H,3-5H2,1-2H3,(H,15,22)(H,20,21)/t22-,23+,27-,28+,30?,38-;14-,16-,17+,18+,24-;/m00./s1. The van der Waals surface area contributed by atoms with Crippen molar-refractivity contribution in [3.63, 3.8) is 0 Å². The number of nitrogens with zero attached hydrogens (tertiary/aromatic N) is 6. The fraction of sp³-hybridized carbons (Fsp3) is 0.627. The van der Waals surface area contributed by atoms with Gasteiger partial charge in [0.1, 0.15) is 39.9 Å². The summed E-state index contributed by atoms with van der Waals surface area (Å²) in [6.07, 6.45) is 4.39. The Morgan fingerprint density at radius 3 is 1.40 bits per heavy atom. The van der Waals surface area contributed by atoms with Gasteiger partial charge in [0.05, 0.1) is 74.4 Å². The van der Waals surface area contributed by atoms with Crippen LogP contribution in [0.25, 0.3) is 0 Å². The monoisotopic (exact) mass is 1610 g/mol. The van der Waals surface area contributed by atoms with Gasteiger partial charge in [-0.05, 0) is 179 Å². The molecule has 3 N–H and O–H groups in total. The molecule has 0 radical (unpaired) electrons. The molecule has 109 heavy (non-hydrogen) atoms. The SMILES string of the molecule is CCN1CCN(C(=O)NC(C(=O)C[C@@H](Cc2ccc(Cl)c(C(=O)OC(C)(C)C)c2OC)B2O[C@@H]3C[C@@H]4C[C@@H](C4(C)C)[C@]3(C)O2)c2csc(C)n2)C(=O)C1=O.CCN1CCN(C(=O)NC(C(=O)O)c2csc(C)n2)C(=O)C1=O.COc1c(C[C@@H](Cl)B2O[C@@H]3C[C@@H]4C[C@@H](C4(C)C)[C@]3(C)O2)ccc(Cl)c1C(=O)OC(C)(C)C. The molecule has 6 aliphatic carbocycles. The Hall–Kier alpha value is -6.96. The van der Waals surface area contributed by atoms with Gasteiger partial charge in [-0.3, -0.25) is 33.8 Å². The molecule has 592 valence electrons. The predicted molar refractivity (Wildman–Crippen MR) is 409 cm³/mol. The van der Waals surface area contributed by atoms with Crippen molar-refractivity contribution in [1.29, 1.82) is 0 Å². The molecule has 0 spiro atoms. The number of carboxylic acid groups (broad SMARTS) is 1. The van der Waals surface area contributed by atoms with Crippen molar-refractivity contribution < 1.29 is 90.6 Å². The average Bonchev–Trinajstić information content (AvgIpc) is 1.63. The first kappa shape index (κ1) is 84.5. The third kappa shape index (κ3) is 17.3. The number of benzene rings is 2. The Morgan fingerprint density at radius 1 is 0.615 bits per heavy atom. The second-order valence-corrected chi connectivity index (χ2v) is 36.1. The summed E-state index contributed by atoms with van der Waals surface area (Å²) in [6, 6.07) is 2.46. The van der Waals surface area contributed by atoms with E-state index in [1.807, 2.05) is 26.8 Å². The average molecular weight is 1610 g/mol. The number of thiazole rings is 2. The van der Waals surface area contributed by atoms with Crippen LogP contribution in [0.4, 0.5) is 9.59 Å². The molecule has 2 unspecified atom stereocenters. The highest BCUT2D eigenvalue weighted by molar-refractivity contribution is 7.09. The molecule has 6 heterocycles. The minimum atomic E-state index is -1.38. The minimum absolute atomic E-state index is 0.0115. The number of ketones is 1. The molecular formula is C75H99B2Cl3N8O19S2. The Kier molecular flexibility index (Phi) is 25.3. The first-order valence-corrected chi connectivity index (χ1v) is 39.8. The zero-order valence-electron chi connectivity index (χ0n) is 65.0. The van der Waals surface area contributed by atoms with E-state index in [-0.39, 0.29) is 106 Å². The van der Waals surface area contributed by atoms with Gasteiger partial charge in [-0.2, -0.15) is 0 Å². The molecule has 8 amide bonds. The maximum atomic E-state index is 14.6. The number of esters is 2. The van der Waals surface area contributed by atoms with Crippen LogP contribution in [0.1, 0.15) is 194 Å². The molecule has 2 aromatic heterocycles. The third-order valence-corrected chi connectivity index (χ3v) is 25.4. The number of halogens is 3. The first-order valence-electron chi connectivity index (χ1n) is 36.8. The van der Waals surface area contributed by atoms with Gasteiger partial charge in [0.25, 0.3) is 0 Å². The van der Waals surface area contributed by atoms with Gasteiger partial charge in [0.2, 0.25) is 0 Å². The molecule has 12 atom stereocenters. The summed E-state index contributed by atoms with van der Waals surface area (Å²) in [7, 11) is 1.62. The number of amides is 8. The van der Waals surface area contributed by atoms with Crippen molar-refractivity contribution >= 4 is 131 Å². The Morgan fingerprint density at radius 2 is 1.02 bits per heavy atom. The molecule has 10 aliphatic rings. The molecule has 14 rings (SSSR count). The highest BCUT2D eigenvalue weighted by Gasteiger charge is 2.70. The number of imide groups is 2. The number of nitrogens with one attached hydrogen (secondary N) is 2. The molecular weight excluding hydrogens is 1510 g/mol. The quantitative estimate of drug-likeness (QED) is 0.0320. The van der Waals surface area contributed by atoms with Gasteiger partial charge < -0.3 is 63.1 Å². The van der Waals surface area contributed by atoms with Crippen LogP contribution >= 0.6 is 57.5 Å². The molecule has 4 aliphatic heterocycles. The summed E-state index contributed by atoms with van der Waals surface area (Å²) in [5, 5.41) is 18.8. The van der Waals surface area contributed by atoms with E-state index in [9.17, 15) is 53.1 Å². The Bertz CT molecular complexity index is 4210. The summed E-state index contributed by atoms with van der Waals surface area (Å²) < 4.78 is 49.1. The van der Waals surface area contributed by atoms with Crippen LogP contribution in [0, 0.1) is 48.3 Å². The van der Waals surface area contributed by atoms with E-state index >= 15 is 0 Å². The second kappa shape index (κ2) is 32.6. The maximum Gasteiger partial charge on any atom is 0.477 e. The second-order valence-electron chi connectivity index (χ2n) is 32.6. The molecule has 4 bridgehead atoms. The molecule has 34 heteroatoms. The predicted octanol–water partition coefficient (Wildman–Crippen LogP) is 11.5. The number of aliphatic carboxylic acids is 1. The summed E-state index contributed by atoms with van der Waals surface area (Å²) in [4.78, 5) is 140. The van der Waals surface area contributed by atoms with Crippen molar-refractivity contribution in [1.82, 2.24) is 40.2 Å². The molecule has 2 aromatic carbocycles. The maximum absolute atomic E-state index is 14.6. The van der Waals surface area contributed by atoms with E-state index in [0.29, 0.717) is 64.3 Å². The summed E-state index contributed by atoms with van der Waals surface area (Å²) >= 11 is 22.3. The van der Waals surface area contributed by atoms with Crippen LogP contribution in [0.3, 0.4) is 0 Å². The summed E-state index contributed by atoms with van der Waals surface area (Å²) in [5.74, 6) is -4.48. The highest BCUT2D eigenvalue weighted by Crippen LogP contribution is 2.67. The number of carbonyl (C=O) groups excluding carboxylic acids is 9. The molecule has 10 fully saturated rings. The van der Waals surface area contributed by atoms with Crippen molar-refractivity contribution in [3.8, 4) is 11.5 Å². The van der Waals surface area contributed by atoms with Crippen LogP contribution in [0.2, 0.25) is 15.9 Å². The largest absolute Gasteiger partial charge is 0.496 e. The Balaban J connectivity index is 0.000000194. The van der Waals surface area contributed by atoms with E-state index in [4.69, 9.17) is 72.4 Å². The fourth-order valence-corrected chi connectivity index (χ4v) is 18.8. The summed E-state index contributed by atoms with van der Waals surface area (Å²) in [5.41, 5.74) is 0.121. The minimum Gasteiger partial charge on any atom is -0.496 e. The van der Waals surface area contributed by atoms with E-state index in [0.717, 1.165) is 34.6 Å². The lowest BCUT2D eigenvalue weighted by Gasteiger charge is -2.64. The third-order valence-electron chi connectivity index (χ3n) is 22.8. The number of aromatic nitrogens is 2. The number of urea groups is 2. The number of piperazine rings is 2. The van der Waals surface area contributed by atoms with Crippen LogP contribution in [-0.2, 0) is 69.7 Å². The summed E-state index contributed by atoms with van der Waals surface area (Å²) in [6.45, 7) is 32.3. The first-order chi connectivity index (χ1) is 50.9. The smallest absolute Gasteiger partial charge is 0.477 e. The topological polar surface area (TPSA) is 328 Å². The van der Waals surface area contributed by atoms with Gasteiger partial charge >= 0.3 is 67.8 Å². The lowest BCUT2D eigenvalue weighted by Crippen LogP contribution is -2.65. The normalized spacial score (nSPS) is 25.5. The van der Waals surface area contributed by atoms with Gasteiger partial charge in [0, 0.05) is 62.3 Å². The van der Waals surface area contributed by atoms with Crippen molar-refractivity contribution in [3.05, 3.63) is 88.7 Å². The number of methoxy groups -OCH3 is 2. The fourth-order valence-electron chi connectivity index (χ4n) is 16.8. The van der Waals surface area contributed by atoms with Gasteiger partial charge in [-0.15, -0.1) is 34.3 Å². The number of hydrogen-bond acceptors (Lipinski definition) is 22. The molecule has 4 saturated heterocycles. The van der Waals surface area contributed by atoms with Crippen molar-refractivity contribution in [2.45, 2.75) is 214 Å². The van der Waals surface area contributed by atoms with Crippen LogP contribution in [0.15, 0.2) is 35.0 Å². The number of carbonyl (C=O) groups is 10. The number of likely N-dealkylation sites (N-methyl/N-ethyl adjacent to an activating group) is 2. The zero-order valence-corrected chi connectivity index (χ0v) is 68.9. The number of alkyl halides is 1. The molecule has 4 aromatic rings. The van der Waals surface area contributed by atoms with Crippen molar-refractivity contribution in [2.75, 3.05) is 53.5 Å². The number of ether oxygens (including phenoxy) is 4. The Labute approximate surface area is 659 Å². The van der Waals surface area contributed by atoms with Crippen LogP contribution < -0.4 is 20.1 Å². The van der Waals surface area contributed by atoms with Crippen LogP contribution in [-0.4, -0.2) is 202 Å². The number of hydrogen-bond donors (Lipinski definition) is 3. The highest BCUT2D eigenvalue weighted by atomic mass is 35.5. The number of aryl methyl sites for hydroxylation is 2. The number of Topliss-reactive ketones (excluding diaryl/α,β-unsaturated/α-hetero) is 1. The van der Waals surface area contributed by atoms with E-state index in [2.05, 4.69) is 62.1 Å². The van der Waals surface area contributed by atoms with E-state index in [1.165, 1.54) is 58.5 Å². The van der Waals surface area contributed by atoms with Crippen LogP contribution in [0.5, 0.6) is 11.5 Å². The van der Waals surface area contributed by atoms with Crippen molar-refractivity contribution in [2.24, 2.45) is 34.5 Å². The number of carboxylic acids is 1. The lowest BCUT2D eigenvalue weighted by molar-refractivity contribution is -0.199. The van der Waals surface area contributed by atoms with Gasteiger partial charge in [0.15, 0.2) is 11.8 Å². The van der Waals surface area contributed by atoms with Gasteiger partial charge in [-0.1, -0.05) is 63.0 Å². The molecule has 6 saturated carbocycles. The lowest BCUT2D eigenvalue weighted by atomic mass is 9.43. The van der Waals surface area contributed by atoms with E-state index < -0.39 is 114 Å². The molecule has 27 nitrogen and oxygen atoms in total.